The normalized spacial score (nSPS) is 10.2. The highest BCUT2D eigenvalue weighted by Gasteiger charge is 2.11. The molecule has 0 aliphatic rings. The molecule has 0 atom stereocenters. The van der Waals surface area contributed by atoms with Gasteiger partial charge >= 0.3 is 5.97 Å². The highest BCUT2D eigenvalue weighted by atomic mass is 35.5. The van der Waals surface area contributed by atoms with E-state index in [1.165, 1.54) is 36.4 Å². The smallest absolute Gasteiger partial charge is 0.335 e. The first kappa shape index (κ1) is 15.0. The number of halogens is 2. The van der Waals surface area contributed by atoms with Crippen molar-refractivity contribution in [1.82, 2.24) is 0 Å². The van der Waals surface area contributed by atoms with E-state index in [0.29, 0.717) is 0 Å². The number of aromatic carboxylic acids is 1. The zero-order valence-corrected chi connectivity index (χ0v) is 11.5. The molecule has 2 rings (SSSR count). The Bertz CT molecular complexity index is 703. The molecule has 0 saturated carbocycles. The minimum atomic E-state index is -1.15. The van der Waals surface area contributed by atoms with Gasteiger partial charge in [-0.25, -0.2) is 9.18 Å². The van der Waals surface area contributed by atoms with Crippen LogP contribution < -0.4 is 5.32 Å². The van der Waals surface area contributed by atoms with Gasteiger partial charge in [0.2, 0.25) is 5.91 Å². The summed E-state index contributed by atoms with van der Waals surface area (Å²) < 4.78 is 13.4. The molecule has 0 unspecified atom stereocenters. The van der Waals surface area contributed by atoms with Crippen molar-refractivity contribution in [2.24, 2.45) is 0 Å². The minimum Gasteiger partial charge on any atom is -0.478 e. The van der Waals surface area contributed by atoms with E-state index in [1.807, 2.05) is 0 Å². The van der Waals surface area contributed by atoms with Crippen molar-refractivity contribution in [1.29, 1.82) is 0 Å². The zero-order valence-electron chi connectivity index (χ0n) is 10.8. The van der Waals surface area contributed by atoms with Crippen molar-refractivity contribution in [3.8, 4) is 0 Å². The van der Waals surface area contributed by atoms with E-state index in [-0.39, 0.29) is 28.3 Å². The Kier molecular flexibility index (Phi) is 4.55. The quantitative estimate of drug-likeness (QED) is 0.910. The third kappa shape index (κ3) is 4.03. The Morgan fingerprint density at radius 3 is 2.57 bits per heavy atom. The largest absolute Gasteiger partial charge is 0.478 e. The number of hydrogen-bond acceptors (Lipinski definition) is 2. The summed E-state index contributed by atoms with van der Waals surface area (Å²) in [7, 11) is 0. The van der Waals surface area contributed by atoms with Gasteiger partial charge in [-0.15, -0.1) is 0 Å². The van der Waals surface area contributed by atoms with Crippen molar-refractivity contribution >= 4 is 29.2 Å². The highest BCUT2D eigenvalue weighted by molar-refractivity contribution is 6.31. The van der Waals surface area contributed by atoms with Gasteiger partial charge in [-0.2, -0.15) is 0 Å². The Hall–Kier alpha value is -2.40. The van der Waals surface area contributed by atoms with Gasteiger partial charge in [-0.3, -0.25) is 4.79 Å². The fraction of sp³-hybridized carbons (Fsp3) is 0.0667. The summed E-state index contributed by atoms with van der Waals surface area (Å²) in [5.74, 6) is -2.08. The molecule has 4 nitrogen and oxygen atoms in total. The van der Waals surface area contributed by atoms with Gasteiger partial charge in [0.15, 0.2) is 0 Å². The summed E-state index contributed by atoms with van der Waals surface area (Å²) in [6.07, 6.45) is -0.151. The molecule has 0 heterocycles. The first-order valence-electron chi connectivity index (χ1n) is 6.03. The van der Waals surface area contributed by atoms with Crippen LogP contribution in [0.2, 0.25) is 5.02 Å². The van der Waals surface area contributed by atoms with Gasteiger partial charge in [0.25, 0.3) is 0 Å². The van der Waals surface area contributed by atoms with Crippen molar-refractivity contribution in [3.63, 3.8) is 0 Å². The van der Waals surface area contributed by atoms with E-state index in [1.54, 1.807) is 6.07 Å². The number of rotatable bonds is 4. The molecule has 2 aromatic rings. The number of anilines is 1. The molecular weight excluding hydrogens is 297 g/mol. The monoisotopic (exact) mass is 307 g/mol. The molecule has 0 aromatic heterocycles. The van der Waals surface area contributed by atoms with Crippen LogP contribution in [0.1, 0.15) is 15.9 Å². The Morgan fingerprint density at radius 2 is 1.90 bits per heavy atom. The van der Waals surface area contributed by atoms with Crippen LogP contribution in [0, 0.1) is 5.82 Å². The van der Waals surface area contributed by atoms with Gasteiger partial charge in [0.1, 0.15) is 5.82 Å². The predicted molar refractivity (Wildman–Crippen MR) is 77.1 cm³/mol. The van der Waals surface area contributed by atoms with Crippen molar-refractivity contribution in [3.05, 3.63) is 64.4 Å². The predicted octanol–water partition coefficient (Wildman–Crippen LogP) is 3.36. The number of carboxylic acids is 1. The van der Waals surface area contributed by atoms with Crippen molar-refractivity contribution < 1.29 is 19.1 Å². The van der Waals surface area contributed by atoms with Gasteiger partial charge in [-0.1, -0.05) is 29.8 Å². The minimum absolute atomic E-state index is 0.0382. The van der Waals surface area contributed by atoms with Gasteiger partial charge in [-0.05, 0) is 29.8 Å². The second kappa shape index (κ2) is 6.37. The lowest BCUT2D eigenvalue weighted by Crippen LogP contribution is -2.15. The molecule has 2 aromatic carbocycles. The molecule has 0 bridgehead atoms. The lowest BCUT2D eigenvalue weighted by atomic mass is 10.1. The maximum Gasteiger partial charge on any atom is 0.335 e. The third-order valence-electron chi connectivity index (χ3n) is 2.74. The van der Waals surface area contributed by atoms with Crippen molar-refractivity contribution in [2.45, 2.75) is 6.42 Å². The molecule has 0 radical (unpaired) electrons. The Balaban J connectivity index is 2.13. The van der Waals surface area contributed by atoms with E-state index in [2.05, 4.69) is 5.32 Å². The lowest BCUT2D eigenvalue weighted by molar-refractivity contribution is -0.115. The fourth-order valence-corrected chi connectivity index (χ4v) is 2.04. The maximum atomic E-state index is 13.4. The van der Waals surface area contributed by atoms with E-state index in [9.17, 15) is 14.0 Å². The Morgan fingerprint density at radius 1 is 1.19 bits per heavy atom. The molecule has 0 aliphatic carbocycles. The molecule has 0 spiro atoms. The molecule has 6 heteroatoms. The zero-order chi connectivity index (χ0) is 15.4. The van der Waals surface area contributed by atoms with Crippen LogP contribution in [0.3, 0.4) is 0 Å². The van der Waals surface area contributed by atoms with Gasteiger partial charge in [0, 0.05) is 10.7 Å². The summed E-state index contributed by atoms with van der Waals surface area (Å²) in [6, 6.07) is 9.93. The van der Waals surface area contributed by atoms with Crippen LogP contribution in [0.15, 0.2) is 42.5 Å². The van der Waals surface area contributed by atoms with Gasteiger partial charge < -0.3 is 10.4 Å². The first-order chi connectivity index (χ1) is 9.95. The van der Waals surface area contributed by atoms with Crippen LogP contribution in [0.5, 0.6) is 0 Å². The molecule has 21 heavy (non-hydrogen) atoms. The summed E-state index contributed by atoms with van der Waals surface area (Å²) in [4.78, 5) is 22.8. The molecule has 0 aliphatic heterocycles. The van der Waals surface area contributed by atoms with Crippen LogP contribution in [-0.4, -0.2) is 17.0 Å². The first-order valence-corrected chi connectivity index (χ1v) is 6.40. The van der Waals surface area contributed by atoms with Gasteiger partial charge in [0.05, 0.1) is 12.0 Å². The molecular formula is C15H11ClFNO3. The average molecular weight is 308 g/mol. The number of carbonyl (C=O) groups is 2. The SMILES string of the molecule is O=C(Cc1ccccc1F)Nc1cc(Cl)cc(C(=O)O)c1. The molecule has 0 saturated heterocycles. The van der Waals surface area contributed by atoms with E-state index in [0.717, 1.165) is 0 Å². The number of hydrogen-bond donors (Lipinski definition) is 2. The fourth-order valence-electron chi connectivity index (χ4n) is 1.81. The average Bonchev–Trinajstić information content (AvgIpc) is 2.40. The van der Waals surface area contributed by atoms with Crippen LogP contribution in [0.4, 0.5) is 10.1 Å². The highest BCUT2D eigenvalue weighted by Crippen LogP contribution is 2.19. The summed E-state index contributed by atoms with van der Waals surface area (Å²) >= 11 is 5.79. The second-order valence-electron chi connectivity index (χ2n) is 4.35. The number of carbonyl (C=O) groups excluding carboxylic acids is 1. The third-order valence-corrected chi connectivity index (χ3v) is 2.96. The van der Waals surface area contributed by atoms with Crippen LogP contribution in [0.25, 0.3) is 0 Å². The summed E-state index contributed by atoms with van der Waals surface area (Å²) in [6.45, 7) is 0. The number of nitrogens with one attached hydrogen (secondary N) is 1. The lowest BCUT2D eigenvalue weighted by Gasteiger charge is -2.07. The number of carboxylic acid groups (broad SMARTS) is 1. The molecule has 108 valence electrons. The maximum absolute atomic E-state index is 13.4. The Labute approximate surface area is 125 Å². The van der Waals surface area contributed by atoms with Crippen LogP contribution >= 0.6 is 11.6 Å². The second-order valence-corrected chi connectivity index (χ2v) is 4.79. The summed E-state index contributed by atoms with van der Waals surface area (Å²) in [5.41, 5.74) is 0.473. The van der Waals surface area contributed by atoms with E-state index < -0.39 is 17.7 Å². The number of benzene rings is 2. The number of amides is 1. The standard InChI is InChI=1S/C15H11ClFNO3/c16-11-5-10(15(20)21)6-12(8-11)18-14(19)7-9-3-1-2-4-13(9)17/h1-6,8H,7H2,(H,18,19)(H,20,21). The van der Waals surface area contributed by atoms with E-state index >= 15 is 0 Å². The molecule has 1 amide bonds. The molecule has 0 fully saturated rings. The van der Waals surface area contributed by atoms with Crippen LogP contribution in [-0.2, 0) is 11.2 Å². The van der Waals surface area contributed by atoms with E-state index in [4.69, 9.17) is 16.7 Å². The molecule has 2 N–H and O–H groups in total. The van der Waals surface area contributed by atoms with Crippen molar-refractivity contribution in [2.75, 3.05) is 5.32 Å². The summed E-state index contributed by atoms with van der Waals surface area (Å²) in [5, 5.41) is 11.6. The topological polar surface area (TPSA) is 66.4 Å².